The molecule has 0 unspecified atom stereocenters. The van der Waals surface area contributed by atoms with Crippen molar-refractivity contribution in [1.82, 2.24) is 15.6 Å². The van der Waals surface area contributed by atoms with Crippen LogP contribution in [0.1, 0.15) is 11.1 Å². The molecule has 1 heterocycles. The highest BCUT2D eigenvalue weighted by Crippen LogP contribution is 2.17. The molecule has 0 spiro atoms. The zero-order valence-corrected chi connectivity index (χ0v) is 18.5. The third kappa shape index (κ3) is 6.88. The summed E-state index contributed by atoms with van der Waals surface area (Å²) in [5.41, 5.74) is 3.31. The quantitative estimate of drug-likeness (QED) is 0.238. The van der Waals surface area contributed by atoms with Crippen molar-refractivity contribution in [2.75, 3.05) is 20.2 Å². The molecule has 3 N–H and O–H groups in total. The summed E-state index contributed by atoms with van der Waals surface area (Å²) in [5.74, 6) is 1.11. The molecule has 0 saturated carbocycles. The number of para-hydroxylation sites is 1. The summed E-state index contributed by atoms with van der Waals surface area (Å²) < 4.78 is 29.6. The van der Waals surface area contributed by atoms with Gasteiger partial charge in [-0.3, -0.25) is 4.99 Å². The fourth-order valence-corrected chi connectivity index (χ4v) is 2.96. The fraction of sp³-hybridized carbons (Fsp3) is 0.286. The molecule has 0 radical (unpaired) electrons. The van der Waals surface area contributed by atoms with E-state index in [-0.39, 0.29) is 24.0 Å². The molecule has 0 fully saturated rings. The number of ether oxygens (including phenoxy) is 1. The van der Waals surface area contributed by atoms with E-state index < -0.39 is 13.0 Å². The minimum atomic E-state index is -2.48. The van der Waals surface area contributed by atoms with Crippen LogP contribution in [0.5, 0.6) is 5.75 Å². The van der Waals surface area contributed by atoms with Crippen LogP contribution in [0, 0.1) is 0 Å². The first kappa shape index (κ1) is 22.9. The SMILES string of the molecule is CN=C(NCCc1c[nH]c2ccccc12)NCc1cccc(OCC(F)F)c1.I. The lowest BCUT2D eigenvalue weighted by atomic mass is 10.1. The van der Waals surface area contributed by atoms with E-state index >= 15 is 0 Å². The van der Waals surface area contributed by atoms with Gasteiger partial charge in [0, 0.05) is 37.2 Å². The maximum absolute atomic E-state index is 12.3. The lowest BCUT2D eigenvalue weighted by molar-refractivity contribution is 0.0818. The Morgan fingerprint density at radius 2 is 1.97 bits per heavy atom. The number of alkyl halides is 2. The van der Waals surface area contributed by atoms with E-state index in [2.05, 4.69) is 32.7 Å². The number of rotatable bonds is 8. The Hall–Kier alpha value is -2.36. The molecule has 0 bridgehead atoms. The van der Waals surface area contributed by atoms with Crippen LogP contribution in [-0.2, 0) is 13.0 Å². The van der Waals surface area contributed by atoms with Crippen LogP contribution >= 0.6 is 24.0 Å². The Bertz CT molecular complexity index is 930. The Labute approximate surface area is 186 Å². The Kier molecular flexibility index (Phi) is 9.17. The van der Waals surface area contributed by atoms with Gasteiger partial charge in [0.1, 0.15) is 12.4 Å². The van der Waals surface area contributed by atoms with Gasteiger partial charge in [-0.2, -0.15) is 0 Å². The number of hydrogen-bond donors (Lipinski definition) is 3. The minimum absolute atomic E-state index is 0. The third-order valence-corrected chi connectivity index (χ3v) is 4.32. The number of hydrogen-bond acceptors (Lipinski definition) is 2. The van der Waals surface area contributed by atoms with Crippen molar-refractivity contribution in [2.24, 2.45) is 4.99 Å². The van der Waals surface area contributed by atoms with E-state index in [0.717, 1.165) is 24.0 Å². The zero-order valence-electron chi connectivity index (χ0n) is 16.1. The van der Waals surface area contributed by atoms with E-state index in [9.17, 15) is 8.78 Å². The van der Waals surface area contributed by atoms with Crippen LogP contribution in [0.25, 0.3) is 10.9 Å². The lowest BCUT2D eigenvalue weighted by Crippen LogP contribution is -2.37. The van der Waals surface area contributed by atoms with E-state index in [1.54, 1.807) is 25.2 Å². The molecular formula is C21H25F2IN4O. The molecule has 0 aliphatic heterocycles. The summed E-state index contributed by atoms with van der Waals surface area (Å²) in [7, 11) is 1.71. The number of aromatic amines is 1. The predicted octanol–water partition coefficient (Wildman–Crippen LogP) is 4.34. The molecule has 5 nitrogen and oxygen atoms in total. The van der Waals surface area contributed by atoms with Crippen molar-refractivity contribution >= 4 is 40.8 Å². The Morgan fingerprint density at radius 1 is 1.14 bits per heavy atom. The van der Waals surface area contributed by atoms with Gasteiger partial charge in [-0.25, -0.2) is 8.78 Å². The van der Waals surface area contributed by atoms with Crippen molar-refractivity contribution < 1.29 is 13.5 Å². The van der Waals surface area contributed by atoms with Gasteiger partial charge in [0.15, 0.2) is 5.96 Å². The maximum atomic E-state index is 12.3. The number of H-pyrrole nitrogens is 1. The summed E-state index contributed by atoms with van der Waals surface area (Å²) in [5, 5.41) is 7.74. The van der Waals surface area contributed by atoms with Gasteiger partial charge in [-0.05, 0) is 35.7 Å². The Balaban J connectivity index is 0.00000300. The third-order valence-electron chi connectivity index (χ3n) is 4.32. The normalized spacial score (nSPS) is 11.4. The monoisotopic (exact) mass is 514 g/mol. The van der Waals surface area contributed by atoms with E-state index in [0.29, 0.717) is 18.3 Å². The van der Waals surface area contributed by atoms with Crippen LogP contribution in [0.4, 0.5) is 8.78 Å². The number of nitrogens with one attached hydrogen (secondary N) is 3. The second-order valence-electron chi connectivity index (χ2n) is 6.31. The molecule has 0 aliphatic rings. The standard InChI is InChI=1S/C21H24F2N4O.HI/c1-24-21(25-10-9-16-13-26-19-8-3-2-7-18(16)19)27-12-15-5-4-6-17(11-15)28-14-20(22)23;/h2-8,11,13,20,26H,9-10,12,14H2,1H3,(H2,24,25,27);1H. The smallest absolute Gasteiger partial charge is 0.272 e. The first-order valence-electron chi connectivity index (χ1n) is 9.15. The molecule has 3 rings (SSSR count). The van der Waals surface area contributed by atoms with Gasteiger partial charge in [0.2, 0.25) is 0 Å². The minimum Gasteiger partial charge on any atom is -0.488 e. The van der Waals surface area contributed by atoms with Gasteiger partial charge < -0.3 is 20.4 Å². The van der Waals surface area contributed by atoms with Crippen molar-refractivity contribution in [2.45, 2.75) is 19.4 Å². The summed E-state index contributed by atoms with van der Waals surface area (Å²) in [6.45, 7) is 0.644. The van der Waals surface area contributed by atoms with Crippen molar-refractivity contribution in [1.29, 1.82) is 0 Å². The topological polar surface area (TPSA) is 61.4 Å². The number of halogens is 3. The van der Waals surface area contributed by atoms with Crippen molar-refractivity contribution in [3.05, 3.63) is 65.9 Å². The van der Waals surface area contributed by atoms with Gasteiger partial charge in [-0.15, -0.1) is 24.0 Å². The van der Waals surface area contributed by atoms with Crippen molar-refractivity contribution in [3.8, 4) is 5.75 Å². The number of benzene rings is 2. The number of fused-ring (bicyclic) bond motifs is 1. The van der Waals surface area contributed by atoms with Crippen LogP contribution < -0.4 is 15.4 Å². The number of guanidine groups is 1. The number of aliphatic imine (C=N–C) groups is 1. The number of aromatic nitrogens is 1. The molecule has 0 saturated heterocycles. The van der Waals surface area contributed by atoms with Crippen LogP contribution in [0.3, 0.4) is 0 Å². The zero-order chi connectivity index (χ0) is 19.8. The molecule has 29 heavy (non-hydrogen) atoms. The highest BCUT2D eigenvalue weighted by atomic mass is 127. The highest BCUT2D eigenvalue weighted by molar-refractivity contribution is 14.0. The predicted molar refractivity (Wildman–Crippen MR) is 124 cm³/mol. The second kappa shape index (κ2) is 11.6. The summed E-state index contributed by atoms with van der Waals surface area (Å²) in [4.78, 5) is 7.50. The molecule has 3 aromatic rings. The molecule has 156 valence electrons. The fourth-order valence-electron chi connectivity index (χ4n) is 2.96. The molecular weight excluding hydrogens is 489 g/mol. The van der Waals surface area contributed by atoms with Crippen LogP contribution in [0.15, 0.2) is 59.7 Å². The van der Waals surface area contributed by atoms with E-state index in [1.165, 1.54) is 10.9 Å². The lowest BCUT2D eigenvalue weighted by Gasteiger charge is -2.13. The van der Waals surface area contributed by atoms with Gasteiger partial charge in [0.25, 0.3) is 6.43 Å². The average Bonchev–Trinajstić information content (AvgIpc) is 3.12. The van der Waals surface area contributed by atoms with E-state index in [1.807, 2.05) is 24.4 Å². The largest absolute Gasteiger partial charge is 0.488 e. The van der Waals surface area contributed by atoms with Crippen LogP contribution in [0.2, 0.25) is 0 Å². The summed E-state index contributed by atoms with van der Waals surface area (Å²) in [6.07, 6.45) is 0.414. The molecule has 8 heteroatoms. The molecule has 0 amide bonds. The first-order chi connectivity index (χ1) is 13.7. The second-order valence-corrected chi connectivity index (χ2v) is 6.31. The van der Waals surface area contributed by atoms with E-state index in [4.69, 9.17) is 4.74 Å². The van der Waals surface area contributed by atoms with Crippen molar-refractivity contribution in [3.63, 3.8) is 0 Å². The maximum Gasteiger partial charge on any atom is 0.272 e. The molecule has 1 aromatic heterocycles. The summed E-state index contributed by atoms with van der Waals surface area (Å²) in [6, 6.07) is 15.3. The van der Waals surface area contributed by atoms with Gasteiger partial charge in [0.05, 0.1) is 0 Å². The Morgan fingerprint density at radius 3 is 2.76 bits per heavy atom. The van der Waals surface area contributed by atoms with Crippen LogP contribution in [-0.4, -0.2) is 37.6 Å². The molecule has 0 atom stereocenters. The average molecular weight is 514 g/mol. The molecule has 2 aromatic carbocycles. The summed E-state index contributed by atoms with van der Waals surface area (Å²) >= 11 is 0. The molecule has 0 aliphatic carbocycles. The van der Waals surface area contributed by atoms with Gasteiger partial charge >= 0.3 is 0 Å². The number of nitrogens with zero attached hydrogens (tertiary/aromatic N) is 1. The highest BCUT2D eigenvalue weighted by Gasteiger charge is 2.06. The van der Waals surface area contributed by atoms with Gasteiger partial charge in [-0.1, -0.05) is 30.3 Å². The first-order valence-corrected chi connectivity index (χ1v) is 9.15.